The van der Waals surface area contributed by atoms with Crippen LogP contribution in [-0.2, 0) is 0 Å². The molecule has 4 heteroatoms. The molecule has 0 unspecified atom stereocenters. The average molecular weight is 260 g/mol. The van der Waals surface area contributed by atoms with Crippen molar-refractivity contribution in [2.45, 2.75) is 6.92 Å². The second-order valence-corrected chi connectivity index (χ2v) is 4.79. The zero-order valence-electron chi connectivity index (χ0n) is 11.0. The molecule has 0 fully saturated rings. The van der Waals surface area contributed by atoms with Gasteiger partial charge in [-0.3, -0.25) is 4.98 Å². The van der Waals surface area contributed by atoms with E-state index in [1.165, 1.54) is 5.56 Å². The molecule has 3 heterocycles. The summed E-state index contributed by atoms with van der Waals surface area (Å²) in [4.78, 5) is 8.69. The summed E-state index contributed by atoms with van der Waals surface area (Å²) in [5, 5.41) is 5.49. The highest BCUT2D eigenvalue weighted by molar-refractivity contribution is 5.94. The van der Waals surface area contributed by atoms with Crippen LogP contribution >= 0.6 is 0 Å². The van der Waals surface area contributed by atoms with Crippen molar-refractivity contribution in [1.82, 2.24) is 19.7 Å². The van der Waals surface area contributed by atoms with Gasteiger partial charge in [0.2, 0.25) is 0 Å². The Balaban J connectivity index is 1.98. The molecular weight excluding hydrogens is 248 g/mol. The van der Waals surface area contributed by atoms with Crippen molar-refractivity contribution >= 4 is 16.7 Å². The molecule has 0 amide bonds. The number of nitrogens with zero attached hydrogens (tertiary/aromatic N) is 4. The van der Waals surface area contributed by atoms with Crippen LogP contribution in [0.1, 0.15) is 5.56 Å². The molecule has 0 N–H and O–H groups in total. The Hall–Kier alpha value is -2.75. The first-order valence-corrected chi connectivity index (χ1v) is 6.47. The zero-order chi connectivity index (χ0) is 13.5. The zero-order valence-corrected chi connectivity index (χ0v) is 11.0. The number of aromatic nitrogens is 4. The molecule has 0 radical (unpaired) electrons. The fourth-order valence-corrected chi connectivity index (χ4v) is 2.42. The Morgan fingerprint density at radius 2 is 1.95 bits per heavy atom. The van der Waals surface area contributed by atoms with Gasteiger partial charge in [0.1, 0.15) is 0 Å². The van der Waals surface area contributed by atoms with Gasteiger partial charge < -0.3 is 0 Å². The molecule has 0 atom stereocenters. The van der Waals surface area contributed by atoms with Crippen LogP contribution in [0.5, 0.6) is 0 Å². The van der Waals surface area contributed by atoms with E-state index in [0.29, 0.717) is 0 Å². The van der Waals surface area contributed by atoms with Gasteiger partial charge in [-0.1, -0.05) is 6.08 Å². The lowest BCUT2D eigenvalue weighted by Crippen LogP contribution is -2.01. The number of hydrogen-bond donors (Lipinski definition) is 0. The Morgan fingerprint density at radius 1 is 1.05 bits per heavy atom. The van der Waals surface area contributed by atoms with Gasteiger partial charge in [-0.25, -0.2) is 9.67 Å². The van der Waals surface area contributed by atoms with Crippen LogP contribution < -0.4 is 0 Å². The van der Waals surface area contributed by atoms with Crippen molar-refractivity contribution in [2.75, 3.05) is 0 Å². The molecule has 0 saturated heterocycles. The lowest BCUT2D eigenvalue weighted by atomic mass is 10.0. The van der Waals surface area contributed by atoms with Crippen molar-refractivity contribution in [2.24, 2.45) is 0 Å². The molecule has 1 aliphatic rings. The summed E-state index contributed by atoms with van der Waals surface area (Å²) < 4.78 is 1.87. The molecule has 4 rings (SSSR count). The van der Waals surface area contributed by atoms with Crippen LogP contribution in [0.25, 0.3) is 27.9 Å². The highest BCUT2D eigenvalue weighted by atomic mass is 15.3. The molecule has 0 aliphatic heterocycles. The summed E-state index contributed by atoms with van der Waals surface area (Å²) in [6, 6.07) is 4.03. The van der Waals surface area contributed by atoms with Gasteiger partial charge >= 0.3 is 0 Å². The molecule has 0 aromatic carbocycles. The lowest BCUT2D eigenvalue weighted by molar-refractivity contribution is 0.921. The van der Waals surface area contributed by atoms with Gasteiger partial charge in [0.05, 0.1) is 11.9 Å². The van der Waals surface area contributed by atoms with E-state index >= 15 is 0 Å². The highest BCUT2D eigenvalue weighted by Gasteiger charge is 2.13. The van der Waals surface area contributed by atoms with Gasteiger partial charge in [-0.15, -0.1) is 0 Å². The first kappa shape index (κ1) is 11.1. The van der Waals surface area contributed by atoms with E-state index in [1.54, 1.807) is 0 Å². The first-order valence-electron chi connectivity index (χ1n) is 6.47. The lowest BCUT2D eigenvalue weighted by Gasteiger charge is -2.09. The standard InChI is InChI=1S/C16H12N4/c1-11-5-7-17-9-14(11)13-6-8-18-16-15(13)10-19-20(16)12-3-2-4-12/h2-10H,1H3. The molecule has 3 aromatic rings. The molecule has 3 aromatic heterocycles. The average Bonchev–Trinajstić information content (AvgIpc) is 2.82. The Bertz CT molecular complexity index is 871. The van der Waals surface area contributed by atoms with Crippen molar-refractivity contribution in [3.8, 4) is 11.1 Å². The normalized spacial score (nSPS) is 13.3. The van der Waals surface area contributed by atoms with Crippen molar-refractivity contribution in [1.29, 1.82) is 0 Å². The quantitative estimate of drug-likeness (QED) is 0.710. The van der Waals surface area contributed by atoms with Gasteiger partial charge in [-0.2, -0.15) is 5.10 Å². The Kier molecular flexibility index (Phi) is 2.29. The molecular formula is C16H12N4. The van der Waals surface area contributed by atoms with Crippen molar-refractivity contribution in [3.05, 3.63) is 60.7 Å². The molecule has 20 heavy (non-hydrogen) atoms. The third-order valence-corrected chi connectivity index (χ3v) is 3.58. The fraction of sp³-hybridized carbons (Fsp3) is 0.0625. The highest BCUT2D eigenvalue weighted by Crippen LogP contribution is 2.30. The van der Waals surface area contributed by atoms with Crippen LogP contribution in [0.4, 0.5) is 0 Å². The molecule has 0 spiro atoms. The summed E-state index contributed by atoms with van der Waals surface area (Å²) in [5.41, 5.74) is 5.38. The van der Waals surface area contributed by atoms with E-state index < -0.39 is 0 Å². The largest absolute Gasteiger partial charge is 0.264 e. The second kappa shape index (κ2) is 4.13. The topological polar surface area (TPSA) is 43.6 Å². The van der Waals surface area contributed by atoms with Crippen LogP contribution in [0.3, 0.4) is 0 Å². The van der Waals surface area contributed by atoms with Gasteiger partial charge in [0.25, 0.3) is 0 Å². The second-order valence-electron chi connectivity index (χ2n) is 4.79. The third-order valence-electron chi connectivity index (χ3n) is 3.58. The Labute approximate surface area is 116 Å². The van der Waals surface area contributed by atoms with Crippen molar-refractivity contribution in [3.63, 3.8) is 0 Å². The first-order chi connectivity index (χ1) is 9.84. The van der Waals surface area contributed by atoms with E-state index in [1.807, 2.05) is 59.8 Å². The summed E-state index contributed by atoms with van der Waals surface area (Å²) in [6.07, 6.45) is 13.4. The number of aryl methyl sites for hydroxylation is 1. The summed E-state index contributed by atoms with van der Waals surface area (Å²) in [6.45, 7) is 2.09. The molecule has 0 bridgehead atoms. The van der Waals surface area contributed by atoms with E-state index in [2.05, 4.69) is 22.0 Å². The number of allylic oxidation sites excluding steroid dienone is 4. The molecule has 96 valence electrons. The molecule has 1 aliphatic carbocycles. The maximum atomic E-state index is 4.47. The van der Waals surface area contributed by atoms with E-state index in [9.17, 15) is 0 Å². The summed E-state index contributed by atoms with van der Waals surface area (Å²) in [7, 11) is 0. The minimum Gasteiger partial charge on any atom is -0.264 e. The number of hydrogen-bond acceptors (Lipinski definition) is 3. The summed E-state index contributed by atoms with van der Waals surface area (Å²) in [5.74, 6) is 0. The summed E-state index contributed by atoms with van der Waals surface area (Å²) >= 11 is 0. The molecule has 0 saturated carbocycles. The van der Waals surface area contributed by atoms with E-state index in [4.69, 9.17) is 0 Å². The van der Waals surface area contributed by atoms with E-state index in [-0.39, 0.29) is 0 Å². The fourth-order valence-electron chi connectivity index (χ4n) is 2.42. The maximum Gasteiger partial charge on any atom is 0.163 e. The van der Waals surface area contributed by atoms with E-state index in [0.717, 1.165) is 27.9 Å². The maximum absolute atomic E-state index is 4.47. The van der Waals surface area contributed by atoms with Gasteiger partial charge in [0, 0.05) is 29.5 Å². The minimum atomic E-state index is 0.876. The predicted molar refractivity (Wildman–Crippen MR) is 78.9 cm³/mol. The predicted octanol–water partition coefficient (Wildman–Crippen LogP) is 3.21. The number of fused-ring (bicyclic) bond motifs is 1. The number of pyridine rings is 2. The number of rotatable bonds is 2. The molecule has 4 nitrogen and oxygen atoms in total. The van der Waals surface area contributed by atoms with Gasteiger partial charge in [0.15, 0.2) is 5.65 Å². The van der Waals surface area contributed by atoms with Crippen LogP contribution in [0.15, 0.2) is 55.1 Å². The monoisotopic (exact) mass is 260 g/mol. The van der Waals surface area contributed by atoms with Crippen LogP contribution in [-0.4, -0.2) is 19.7 Å². The minimum absolute atomic E-state index is 0.876. The van der Waals surface area contributed by atoms with Crippen LogP contribution in [0, 0.1) is 6.92 Å². The van der Waals surface area contributed by atoms with Crippen LogP contribution in [0.2, 0.25) is 0 Å². The SMILES string of the molecule is Cc1ccncc1-c1ccnc2c1cnn2C1=CC=C1. The van der Waals surface area contributed by atoms with Crippen molar-refractivity contribution < 1.29 is 0 Å². The third kappa shape index (κ3) is 1.51. The van der Waals surface area contributed by atoms with Gasteiger partial charge in [-0.05, 0) is 42.3 Å². The smallest absolute Gasteiger partial charge is 0.163 e. The Morgan fingerprint density at radius 3 is 2.70 bits per heavy atom.